The smallest absolute Gasteiger partial charge is 0.231 e. The summed E-state index contributed by atoms with van der Waals surface area (Å²) in [6, 6.07) is 8.53. The van der Waals surface area contributed by atoms with E-state index in [-0.39, 0.29) is 12.8 Å². The van der Waals surface area contributed by atoms with Gasteiger partial charge in [-0.1, -0.05) is 6.07 Å². The van der Waals surface area contributed by atoms with Crippen molar-refractivity contribution in [2.45, 2.75) is 32.7 Å². The summed E-state index contributed by atoms with van der Waals surface area (Å²) in [5.41, 5.74) is 3.48. The predicted octanol–water partition coefficient (Wildman–Crippen LogP) is 3.04. The van der Waals surface area contributed by atoms with Gasteiger partial charge in [-0.2, -0.15) is 10.4 Å². The molecule has 0 amide bonds. The van der Waals surface area contributed by atoms with Crippen LogP contribution in [0.1, 0.15) is 41.3 Å². The van der Waals surface area contributed by atoms with Crippen LogP contribution in [0.4, 0.5) is 5.82 Å². The third kappa shape index (κ3) is 2.24. The third-order valence-electron chi connectivity index (χ3n) is 4.85. The minimum absolute atomic E-state index is 0.169. The molecule has 2 aliphatic heterocycles. The van der Waals surface area contributed by atoms with Gasteiger partial charge >= 0.3 is 0 Å². The van der Waals surface area contributed by atoms with E-state index in [4.69, 9.17) is 9.47 Å². The van der Waals surface area contributed by atoms with E-state index in [1.165, 1.54) is 0 Å². The van der Waals surface area contributed by atoms with Crippen molar-refractivity contribution in [3.05, 3.63) is 40.6 Å². The van der Waals surface area contributed by atoms with Crippen LogP contribution in [-0.2, 0) is 0 Å². The van der Waals surface area contributed by atoms with Crippen LogP contribution < -0.4 is 14.4 Å². The van der Waals surface area contributed by atoms with Crippen molar-refractivity contribution in [2.75, 3.05) is 18.2 Å². The van der Waals surface area contributed by atoms with E-state index in [2.05, 4.69) is 27.2 Å². The second kappa shape index (κ2) is 5.68. The van der Waals surface area contributed by atoms with Gasteiger partial charge in [0.05, 0.1) is 11.7 Å². The van der Waals surface area contributed by atoms with Crippen molar-refractivity contribution in [1.29, 1.82) is 5.26 Å². The molecule has 1 atom stereocenters. The largest absolute Gasteiger partial charge is 0.454 e. The second-order valence-electron chi connectivity index (χ2n) is 6.18. The van der Waals surface area contributed by atoms with Crippen LogP contribution in [0, 0.1) is 25.2 Å². The zero-order valence-electron chi connectivity index (χ0n) is 13.7. The molecule has 6 nitrogen and oxygen atoms in total. The maximum Gasteiger partial charge on any atom is 0.231 e. The molecule has 1 aromatic heterocycles. The Bertz CT molecular complexity index is 844. The first-order valence-corrected chi connectivity index (χ1v) is 8.09. The lowest BCUT2D eigenvalue weighted by atomic mass is 10.0. The number of aryl methyl sites for hydroxylation is 1. The average Bonchev–Trinajstić information content (AvgIpc) is 3.25. The quantitative estimate of drug-likeness (QED) is 0.846. The molecule has 2 aromatic rings. The summed E-state index contributed by atoms with van der Waals surface area (Å²) in [4.78, 5) is 2.19. The summed E-state index contributed by atoms with van der Waals surface area (Å²) in [5, 5.41) is 18.2. The molecule has 1 aromatic carbocycles. The molecule has 0 unspecified atom stereocenters. The van der Waals surface area contributed by atoms with Gasteiger partial charge in [-0.05, 0) is 49.9 Å². The molecule has 0 spiro atoms. The van der Waals surface area contributed by atoms with E-state index in [0.29, 0.717) is 11.4 Å². The van der Waals surface area contributed by atoms with Gasteiger partial charge in [-0.15, -0.1) is 5.10 Å². The summed E-state index contributed by atoms with van der Waals surface area (Å²) >= 11 is 0. The average molecular weight is 322 g/mol. The zero-order valence-corrected chi connectivity index (χ0v) is 13.7. The molecule has 4 rings (SSSR count). The van der Waals surface area contributed by atoms with Crippen LogP contribution in [0.3, 0.4) is 0 Å². The topological polar surface area (TPSA) is 71.3 Å². The molecule has 3 heterocycles. The Morgan fingerprint density at radius 2 is 2.04 bits per heavy atom. The molecular formula is C18H18N4O2. The summed E-state index contributed by atoms with van der Waals surface area (Å²) in [6.07, 6.45) is 2.07. The van der Waals surface area contributed by atoms with Gasteiger partial charge in [0.2, 0.25) is 6.79 Å². The molecule has 0 N–H and O–H groups in total. The molecule has 1 fully saturated rings. The summed E-state index contributed by atoms with van der Waals surface area (Å²) < 4.78 is 10.9. The van der Waals surface area contributed by atoms with E-state index >= 15 is 0 Å². The van der Waals surface area contributed by atoms with E-state index in [1.54, 1.807) is 0 Å². The van der Waals surface area contributed by atoms with Crippen LogP contribution in [-0.4, -0.2) is 23.5 Å². The number of nitriles is 1. The lowest BCUT2D eigenvalue weighted by molar-refractivity contribution is 0.174. The molecule has 6 heteroatoms. The highest BCUT2D eigenvalue weighted by atomic mass is 16.7. The molecule has 122 valence electrons. The summed E-state index contributed by atoms with van der Waals surface area (Å²) in [5.74, 6) is 2.25. The fourth-order valence-electron chi connectivity index (χ4n) is 3.42. The normalized spacial score (nSPS) is 18.7. The molecule has 1 saturated heterocycles. The Balaban J connectivity index is 1.74. The van der Waals surface area contributed by atoms with Crippen molar-refractivity contribution < 1.29 is 9.47 Å². The first kappa shape index (κ1) is 14.8. The Morgan fingerprint density at radius 3 is 2.88 bits per heavy atom. The standard InChI is InChI=1S/C18H18N4O2/c1-11-12(2)20-21-18(14(11)9-19)22-7-3-4-15(22)13-5-6-16-17(8-13)24-10-23-16/h5-6,8,15H,3-4,7,10H2,1-2H3/t15-/m0/s1. The van der Waals surface area contributed by atoms with Crippen LogP contribution in [0.25, 0.3) is 0 Å². The lowest BCUT2D eigenvalue weighted by Crippen LogP contribution is -2.25. The first-order valence-electron chi connectivity index (χ1n) is 8.09. The maximum atomic E-state index is 9.59. The van der Waals surface area contributed by atoms with Gasteiger partial charge in [-0.25, -0.2) is 0 Å². The minimum atomic E-state index is 0.169. The maximum absolute atomic E-state index is 9.59. The highest BCUT2D eigenvalue weighted by Gasteiger charge is 2.31. The van der Waals surface area contributed by atoms with Crippen molar-refractivity contribution >= 4 is 5.82 Å². The summed E-state index contributed by atoms with van der Waals surface area (Å²) in [7, 11) is 0. The van der Waals surface area contributed by atoms with Crippen LogP contribution in [0.15, 0.2) is 18.2 Å². The second-order valence-corrected chi connectivity index (χ2v) is 6.18. The number of hydrogen-bond acceptors (Lipinski definition) is 6. The number of nitrogens with zero attached hydrogens (tertiary/aromatic N) is 4. The fourth-order valence-corrected chi connectivity index (χ4v) is 3.42. The number of rotatable bonds is 2. The van der Waals surface area contributed by atoms with Crippen LogP contribution in [0.2, 0.25) is 0 Å². The Kier molecular flexibility index (Phi) is 3.49. The third-order valence-corrected chi connectivity index (χ3v) is 4.85. The molecule has 24 heavy (non-hydrogen) atoms. The van der Waals surface area contributed by atoms with Gasteiger partial charge in [0.1, 0.15) is 11.6 Å². The van der Waals surface area contributed by atoms with E-state index < -0.39 is 0 Å². The highest BCUT2D eigenvalue weighted by Crippen LogP contribution is 2.41. The molecular weight excluding hydrogens is 304 g/mol. The van der Waals surface area contributed by atoms with Gasteiger partial charge in [0.15, 0.2) is 17.3 Å². The number of fused-ring (bicyclic) bond motifs is 1. The van der Waals surface area contributed by atoms with Crippen LogP contribution in [0.5, 0.6) is 11.5 Å². The highest BCUT2D eigenvalue weighted by molar-refractivity contribution is 5.59. The fraction of sp³-hybridized carbons (Fsp3) is 0.389. The molecule has 0 bridgehead atoms. The first-order chi connectivity index (χ1) is 11.7. The zero-order chi connectivity index (χ0) is 16.7. The summed E-state index contributed by atoms with van der Waals surface area (Å²) in [6.45, 7) is 4.95. The van der Waals surface area contributed by atoms with Crippen molar-refractivity contribution in [3.8, 4) is 17.6 Å². The van der Waals surface area contributed by atoms with Crippen LogP contribution >= 0.6 is 0 Å². The number of aromatic nitrogens is 2. The number of ether oxygens (including phenoxy) is 2. The molecule has 0 saturated carbocycles. The number of hydrogen-bond donors (Lipinski definition) is 0. The Hall–Kier alpha value is -2.81. The molecule has 2 aliphatic rings. The van der Waals surface area contributed by atoms with Crippen molar-refractivity contribution in [1.82, 2.24) is 10.2 Å². The Morgan fingerprint density at radius 1 is 1.21 bits per heavy atom. The number of anilines is 1. The molecule has 0 radical (unpaired) electrons. The van der Waals surface area contributed by atoms with Gasteiger partial charge in [0, 0.05) is 6.54 Å². The van der Waals surface area contributed by atoms with Crippen molar-refractivity contribution in [3.63, 3.8) is 0 Å². The van der Waals surface area contributed by atoms with E-state index in [0.717, 1.165) is 47.7 Å². The minimum Gasteiger partial charge on any atom is -0.454 e. The van der Waals surface area contributed by atoms with Gasteiger partial charge < -0.3 is 14.4 Å². The van der Waals surface area contributed by atoms with Crippen molar-refractivity contribution in [2.24, 2.45) is 0 Å². The molecule has 0 aliphatic carbocycles. The predicted molar refractivity (Wildman–Crippen MR) is 88.1 cm³/mol. The lowest BCUT2D eigenvalue weighted by Gasteiger charge is -2.27. The van der Waals surface area contributed by atoms with E-state index in [9.17, 15) is 5.26 Å². The SMILES string of the molecule is Cc1nnc(N2CCC[C@H]2c2ccc3c(c2)OCO3)c(C#N)c1C. The van der Waals surface area contributed by atoms with E-state index in [1.807, 2.05) is 26.0 Å². The van der Waals surface area contributed by atoms with Gasteiger partial charge in [0.25, 0.3) is 0 Å². The number of benzene rings is 1. The van der Waals surface area contributed by atoms with Gasteiger partial charge in [-0.3, -0.25) is 0 Å². The monoisotopic (exact) mass is 322 g/mol. The Labute approximate surface area is 140 Å².